The van der Waals surface area contributed by atoms with Gasteiger partial charge in [0.1, 0.15) is 5.82 Å². The predicted molar refractivity (Wildman–Crippen MR) is 68.5 cm³/mol. The van der Waals surface area contributed by atoms with Crippen LogP contribution in [0.2, 0.25) is 5.02 Å². The zero-order valence-electron chi connectivity index (χ0n) is 9.63. The Kier molecular flexibility index (Phi) is 2.78. The van der Waals surface area contributed by atoms with Gasteiger partial charge in [-0.05, 0) is 24.6 Å². The second-order valence-corrected chi connectivity index (χ2v) is 4.77. The van der Waals surface area contributed by atoms with Crippen molar-refractivity contribution >= 4 is 22.6 Å². The quantitative estimate of drug-likeness (QED) is 0.809. The maximum atomic E-state index is 6.09. The predicted octanol–water partition coefficient (Wildman–Crippen LogP) is 1.77. The minimum Gasteiger partial charge on any atom is -0.341 e. The summed E-state index contributed by atoms with van der Waals surface area (Å²) in [6.07, 6.45) is 0. The molecule has 1 unspecified atom stereocenters. The normalized spacial score (nSPS) is 20.9. The number of aromatic amines is 1. The molecule has 0 amide bonds. The monoisotopic (exact) mass is 249 g/mol. The lowest BCUT2D eigenvalue weighted by Crippen LogP contribution is -2.39. The molecule has 1 atom stereocenters. The number of fused-ring (bicyclic) bond motifs is 1. The number of piperazine rings is 1. The summed E-state index contributed by atoms with van der Waals surface area (Å²) in [6.45, 7) is 4.66. The summed E-state index contributed by atoms with van der Waals surface area (Å²) >= 11 is 6.09. The first-order valence-electron chi connectivity index (χ1n) is 5.77. The van der Waals surface area contributed by atoms with Crippen molar-refractivity contribution < 1.29 is 0 Å². The minimum absolute atomic E-state index is 0.134. The standard InChI is InChI=1S/C12H14ClN4/c1-7-4-9-10(5-8(7)13)17-12(16-9)11-6-14-2-3-15-11/h4-5,11,14H,2-3,6H2,1H3,(H,16,17). The fourth-order valence-electron chi connectivity index (χ4n) is 2.10. The van der Waals surface area contributed by atoms with Crippen molar-refractivity contribution in [2.75, 3.05) is 19.6 Å². The molecular weight excluding hydrogens is 236 g/mol. The number of hydrogen-bond acceptors (Lipinski definition) is 2. The molecule has 0 spiro atoms. The zero-order chi connectivity index (χ0) is 11.8. The van der Waals surface area contributed by atoms with E-state index >= 15 is 0 Å². The molecule has 4 nitrogen and oxygen atoms in total. The number of halogens is 1. The maximum absolute atomic E-state index is 6.09. The third kappa shape index (κ3) is 2.04. The van der Waals surface area contributed by atoms with Gasteiger partial charge in [0.15, 0.2) is 0 Å². The Morgan fingerprint density at radius 2 is 2.29 bits per heavy atom. The number of aryl methyl sites for hydroxylation is 1. The van der Waals surface area contributed by atoms with Gasteiger partial charge in [-0.1, -0.05) is 11.6 Å². The van der Waals surface area contributed by atoms with E-state index in [9.17, 15) is 0 Å². The van der Waals surface area contributed by atoms with Crippen LogP contribution in [0.25, 0.3) is 11.0 Å². The molecule has 2 aromatic rings. The molecule has 0 bridgehead atoms. The van der Waals surface area contributed by atoms with Crippen LogP contribution in [0.4, 0.5) is 0 Å². The average Bonchev–Trinajstić information content (AvgIpc) is 2.74. The average molecular weight is 250 g/mol. The van der Waals surface area contributed by atoms with Crippen molar-refractivity contribution in [1.29, 1.82) is 0 Å². The van der Waals surface area contributed by atoms with Crippen LogP contribution in [-0.2, 0) is 0 Å². The van der Waals surface area contributed by atoms with E-state index in [0.29, 0.717) is 0 Å². The summed E-state index contributed by atoms with van der Waals surface area (Å²) in [6, 6.07) is 4.07. The Hall–Kier alpha value is -1.10. The SMILES string of the molecule is Cc1cc2[nH]c(C3CNCC[N]3)nc2cc1Cl. The van der Waals surface area contributed by atoms with E-state index in [1.54, 1.807) is 0 Å². The highest BCUT2D eigenvalue weighted by molar-refractivity contribution is 6.32. The van der Waals surface area contributed by atoms with Crippen LogP contribution >= 0.6 is 11.6 Å². The van der Waals surface area contributed by atoms with Crippen LogP contribution in [-0.4, -0.2) is 29.6 Å². The van der Waals surface area contributed by atoms with Gasteiger partial charge < -0.3 is 10.3 Å². The summed E-state index contributed by atoms with van der Waals surface area (Å²) in [4.78, 5) is 7.89. The second kappa shape index (κ2) is 4.29. The van der Waals surface area contributed by atoms with Gasteiger partial charge in [0.2, 0.25) is 0 Å². The number of nitrogens with zero attached hydrogens (tertiary/aromatic N) is 2. The molecule has 1 saturated heterocycles. The second-order valence-electron chi connectivity index (χ2n) is 4.37. The Morgan fingerprint density at radius 1 is 1.41 bits per heavy atom. The third-order valence-electron chi connectivity index (χ3n) is 3.07. The van der Waals surface area contributed by atoms with Gasteiger partial charge >= 0.3 is 0 Å². The van der Waals surface area contributed by atoms with Crippen LogP contribution in [0.15, 0.2) is 12.1 Å². The highest BCUT2D eigenvalue weighted by atomic mass is 35.5. The fourth-order valence-corrected chi connectivity index (χ4v) is 2.26. The number of rotatable bonds is 1. The van der Waals surface area contributed by atoms with Gasteiger partial charge in [-0.15, -0.1) is 0 Å². The summed E-state index contributed by atoms with van der Waals surface area (Å²) < 4.78 is 0. The third-order valence-corrected chi connectivity index (χ3v) is 3.48. The molecule has 2 N–H and O–H groups in total. The Balaban J connectivity index is 2.00. The van der Waals surface area contributed by atoms with Crippen LogP contribution in [0.5, 0.6) is 0 Å². The molecule has 1 aliphatic rings. The molecule has 2 heterocycles. The first kappa shape index (κ1) is 11.0. The van der Waals surface area contributed by atoms with E-state index in [4.69, 9.17) is 11.6 Å². The van der Waals surface area contributed by atoms with Crippen molar-refractivity contribution in [1.82, 2.24) is 20.6 Å². The van der Waals surface area contributed by atoms with E-state index in [0.717, 1.165) is 47.1 Å². The summed E-state index contributed by atoms with van der Waals surface area (Å²) in [5.74, 6) is 0.925. The first-order chi connectivity index (χ1) is 8.24. The van der Waals surface area contributed by atoms with Crippen LogP contribution in [0.3, 0.4) is 0 Å². The van der Waals surface area contributed by atoms with Crippen molar-refractivity contribution in [3.8, 4) is 0 Å². The van der Waals surface area contributed by atoms with Crippen molar-refractivity contribution in [2.45, 2.75) is 13.0 Å². The lowest BCUT2D eigenvalue weighted by molar-refractivity contribution is 0.409. The van der Waals surface area contributed by atoms with Crippen LogP contribution < -0.4 is 10.6 Å². The summed E-state index contributed by atoms with van der Waals surface area (Å²) in [5, 5.41) is 8.63. The molecule has 1 aromatic heterocycles. The van der Waals surface area contributed by atoms with Crippen molar-refractivity contribution in [2.24, 2.45) is 0 Å². The van der Waals surface area contributed by atoms with Gasteiger partial charge in [-0.25, -0.2) is 10.3 Å². The van der Waals surface area contributed by atoms with Crippen LogP contribution in [0.1, 0.15) is 17.4 Å². The molecule has 0 aliphatic carbocycles. The van der Waals surface area contributed by atoms with Gasteiger partial charge in [-0.2, -0.15) is 0 Å². The van der Waals surface area contributed by atoms with Crippen molar-refractivity contribution in [3.05, 3.63) is 28.5 Å². The van der Waals surface area contributed by atoms with Gasteiger partial charge in [-0.3, -0.25) is 0 Å². The fraction of sp³-hybridized carbons (Fsp3) is 0.417. The first-order valence-corrected chi connectivity index (χ1v) is 6.15. The van der Waals surface area contributed by atoms with Gasteiger partial charge in [0.05, 0.1) is 17.1 Å². The van der Waals surface area contributed by atoms with Gasteiger partial charge in [0.25, 0.3) is 0 Å². The number of aromatic nitrogens is 2. The molecule has 1 aliphatic heterocycles. The number of H-pyrrole nitrogens is 1. The minimum atomic E-state index is 0.134. The lowest BCUT2D eigenvalue weighted by Gasteiger charge is -2.20. The highest BCUT2D eigenvalue weighted by Crippen LogP contribution is 2.23. The molecule has 1 radical (unpaired) electrons. The number of benzene rings is 1. The van der Waals surface area contributed by atoms with E-state index < -0.39 is 0 Å². The smallest absolute Gasteiger partial charge is 0.127 e. The molecule has 0 saturated carbocycles. The van der Waals surface area contributed by atoms with E-state index in [1.807, 2.05) is 19.1 Å². The van der Waals surface area contributed by atoms with E-state index in [1.165, 1.54) is 0 Å². The van der Waals surface area contributed by atoms with Crippen molar-refractivity contribution in [3.63, 3.8) is 0 Å². The topological polar surface area (TPSA) is 54.8 Å². The summed E-state index contributed by atoms with van der Waals surface area (Å²) in [7, 11) is 0. The Bertz CT molecular complexity index is 504. The van der Waals surface area contributed by atoms with Crippen LogP contribution in [0, 0.1) is 6.92 Å². The summed E-state index contributed by atoms with van der Waals surface area (Å²) in [5.41, 5.74) is 3.01. The molecule has 1 fully saturated rings. The number of imidazole rings is 1. The number of nitrogens with one attached hydrogen (secondary N) is 2. The molecule has 5 heteroatoms. The zero-order valence-corrected chi connectivity index (χ0v) is 10.4. The Morgan fingerprint density at radius 3 is 3.06 bits per heavy atom. The maximum Gasteiger partial charge on any atom is 0.127 e. The molecule has 17 heavy (non-hydrogen) atoms. The molecule has 89 valence electrons. The highest BCUT2D eigenvalue weighted by Gasteiger charge is 2.19. The molecule has 3 rings (SSSR count). The van der Waals surface area contributed by atoms with Gasteiger partial charge in [0, 0.05) is 24.7 Å². The molecule has 1 aromatic carbocycles. The lowest BCUT2D eigenvalue weighted by atomic mass is 10.2. The molecular formula is C12H14ClN4. The van der Waals surface area contributed by atoms with E-state index in [2.05, 4.69) is 20.6 Å². The largest absolute Gasteiger partial charge is 0.341 e. The Labute approximate surface area is 105 Å². The van der Waals surface area contributed by atoms with E-state index in [-0.39, 0.29) is 6.04 Å². The number of hydrogen-bond donors (Lipinski definition) is 2.